The molecule has 0 aliphatic heterocycles. The van der Waals surface area contributed by atoms with Crippen molar-refractivity contribution < 1.29 is 28.6 Å². The summed E-state index contributed by atoms with van der Waals surface area (Å²) in [5.41, 5.74) is 0. The van der Waals surface area contributed by atoms with Crippen molar-refractivity contribution in [3.8, 4) is 0 Å². The Bertz CT molecular complexity index is 839. The van der Waals surface area contributed by atoms with Gasteiger partial charge in [0.05, 0.1) is 0 Å². The van der Waals surface area contributed by atoms with Gasteiger partial charge in [-0.1, -0.05) is 215 Å². The van der Waals surface area contributed by atoms with E-state index in [9.17, 15) is 14.4 Å². The number of rotatable bonds is 41. The van der Waals surface area contributed by atoms with Crippen molar-refractivity contribution in [3.05, 3.63) is 0 Å². The molecule has 0 fully saturated rings. The third kappa shape index (κ3) is 40.1. The van der Waals surface area contributed by atoms with Crippen LogP contribution in [-0.2, 0) is 28.6 Å². The number of carbonyl (C=O) groups excluding carboxylic acids is 3. The minimum Gasteiger partial charge on any atom is -0.462 e. The maximum Gasteiger partial charge on any atom is 0.306 e. The molecule has 54 heavy (non-hydrogen) atoms. The second-order valence-electron chi connectivity index (χ2n) is 17.6. The van der Waals surface area contributed by atoms with Gasteiger partial charge in [-0.25, -0.2) is 0 Å². The quantitative estimate of drug-likeness (QED) is 0.0350. The summed E-state index contributed by atoms with van der Waals surface area (Å²) in [6.07, 6.45) is 36.7. The van der Waals surface area contributed by atoms with Crippen LogP contribution in [0.3, 0.4) is 0 Å². The molecule has 0 aromatic rings. The van der Waals surface area contributed by atoms with Gasteiger partial charge in [0.1, 0.15) is 13.2 Å². The van der Waals surface area contributed by atoms with E-state index in [4.69, 9.17) is 14.2 Å². The van der Waals surface area contributed by atoms with Crippen molar-refractivity contribution in [3.63, 3.8) is 0 Å². The molecule has 320 valence electrons. The fraction of sp³-hybridized carbons (Fsp3) is 0.938. The molecule has 0 aliphatic rings. The van der Waals surface area contributed by atoms with Crippen LogP contribution in [0, 0.1) is 17.8 Å². The number of hydrogen-bond donors (Lipinski definition) is 0. The molecule has 1 unspecified atom stereocenters. The predicted molar refractivity (Wildman–Crippen MR) is 229 cm³/mol. The van der Waals surface area contributed by atoms with E-state index in [0.717, 1.165) is 75.5 Å². The van der Waals surface area contributed by atoms with Crippen LogP contribution in [0.15, 0.2) is 0 Å². The van der Waals surface area contributed by atoms with E-state index in [1.165, 1.54) is 135 Å². The second-order valence-corrected chi connectivity index (χ2v) is 17.6. The van der Waals surface area contributed by atoms with Crippen molar-refractivity contribution in [2.75, 3.05) is 13.2 Å². The van der Waals surface area contributed by atoms with Gasteiger partial charge in [0.25, 0.3) is 0 Å². The third-order valence-corrected chi connectivity index (χ3v) is 11.0. The molecule has 0 saturated carbocycles. The Hall–Kier alpha value is -1.59. The fourth-order valence-corrected chi connectivity index (χ4v) is 7.02. The summed E-state index contributed by atoms with van der Waals surface area (Å²) in [5.74, 6) is 1.58. The SMILES string of the molecule is CCC(C)CCCCCCCCCCC(=O)OC[C@H](COC(=O)CCCCCCCCC(C)C)OC(=O)CCCCCCCCCCCCCCC(C)C. The van der Waals surface area contributed by atoms with Crippen LogP contribution in [0.5, 0.6) is 0 Å². The maximum atomic E-state index is 12.7. The van der Waals surface area contributed by atoms with Gasteiger partial charge in [0.2, 0.25) is 0 Å². The molecule has 0 aromatic carbocycles. The van der Waals surface area contributed by atoms with E-state index in [-0.39, 0.29) is 31.1 Å². The monoisotopic (exact) mass is 765 g/mol. The molecular formula is C48H92O6. The van der Waals surface area contributed by atoms with E-state index in [0.29, 0.717) is 19.3 Å². The van der Waals surface area contributed by atoms with Crippen LogP contribution in [0.25, 0.3) is 0 Å². The average Bonchev–Trinajstić information content (AvgIpc) is 3.14. The van der Waals surface area contributed by atoms with E-state index in [2.05, 4.69) is 41.5 Å². The van der Waals surface area contributed by atoms with E-state index in [1.54, 1.807) is 0 Å². The largest absolute Gasteiger partial charge is 0.462 e. The van der Waals surface area contributed by atoms with Gasteiger partial charge in [-0.05, 0) is 37.0 Å². The predicted octanol–water partition coefficient (Wildman–Crippen LogP) is 14.8. The Morgan fingerprint density at radius 2 is 0.648 bits per heavy atom. The Morgan fingerprint density at radius 3 is 0.963 bits per heavy atom. The van der Waals surface area contributed by atoms with Gasteiger partial charge < -0.3 is 14.2 Å². The number of unbranched alkanes of at least 4 members (excludes halogenated alkanes) is 23. The lowest BCUT2D eigenvalue weighted by Crippen LogP contribution is -2.30. The first-order chi connectivity index (χ1) is 26.1. The second kappa shape index (κ2) is 39.6. The van der Waals surface area contributed by atoms with Crippen LogP contribution in [0.1, 0.15) is 253 Å². The molecule has 0 N–H and O–H groups in total. The molecule has 0 radical (unpaired) electrons. The summed E-state index contributed by atoms with van der Waals surface area (Å²) >= 11 is 0. The zero-order valence-corrected chi connectivity index (χ0v) is 37.0. The highest BCUT2D eigenvalue weighted by atomic mass is 16.6. The summed E-state index contributed by atoms with van der Waals surface area (Å²) < 4.78 is 16.7. The molecule has 6 nitrogen and oxygen atoms in total. The van der Waals surface area contributed by atoms with Crippen molar-refractivity contribution in [1.29, 1.82) is 0 Å². The molecule has 6 heteroatoms. The molecule has 0 heterocycles. The lowest BCUT2D eigenvalue weighted by atomic mass is 9.99. The standard InChI is InChI=1S/C48H92O6/c1-7-44(6)36-30-24-17-14-15-18-25-31-37-46(49)52-40-45(41-53-47(50)38-32-26-21-20-23-29-35-43(4)5)54-48(51)39-33-27-19-13-11-9-8-10-12-16-22-28-34-42(2)3/h42-45H,7-41H2,1-6H3/t44?,45-/m1/s1. The zero-order valence-electron chi connectivity index (χ0n) is 37.0. The molecular weight excluding hydrogens is 673 g/mol. The Balaban J connectivity index is 4.32. The lowest BCUT2D eigenvalue weighted by Gasteiger charge is -2.18. The first-order valence-corrected chi connectivity index (χ1v) is 23.6. The summed E-state index contributed by atoms with van der Waals surface area (Å²) in [6, 6.07) is 0. The van der Waals surface area contributed by atoms with Gasteiger partial charge in [0, 0.05) is 19.3 Å². The molecule has 0 rings (SSSR count). The van der Waals surface area contributed by atoms with Gasteiger partial charge in [-0.3, -0.25) is 14.4 Å². The average molecular weight is 765 g/mol. The Labute approximate surface area is 336 Å². The van der Waals surface area contributed by atoms with Crippen LogP contribution in [-0.4, -0.2) is 37.2 Å². The summed E-state index contributed by atoms with van der Waals surface area (Å²) in [4.78, 5) is 37.7. The van der Waals surface area contributed by atoms with Gasteiger partial charge in [0.15, 0.2) is 6.10 Å². The summed E-state index contributed by atoms with van der Waals surface area (Å²) in [6.45, 7) is 13.6. The normalized spacial score (nSPS) is 12.7. The first-order valence-electron chi connectivity index (χ1n) is 23.6. The molecule has 0 aliphatic carbocycles. The van der Waals surface area contributed by atoms with E-state index >= 15 is 0 Å². The maximum absolute atomic E-state index is 12.7. The third-order valence-electron chi connectivity index (χ3n) is 11.0. The zero-order chi connectivity index (χ0) is 39.9. The molecule has 0 saturated heterocycles. The highest BCUT2D eigenvalue weighted by Crippen LogP contribution is 2.17. The minimum absolute atomic E-state index is 0.0666. The lowest BCUT2D eigenvalue weighted by molar-refractivity contribution is -0.167. The topological polar surface area (TPSA) is 78.9 Å². The van der Waals surface area contributed by atoms with Crippen molar-refractivity contribution in [1.82, 2.24) is 0 Å². The van der Waals surface area contributed by atoms with Crippen LogP contribution < -0.4 is 0 Å². The smallest absolute Gasteiger partial charge is 0.306 e. The number of carbonyl (C=O) groups is 3. The van der Waals surface area contributed by atoms with Crippen LogP contribution >= 0.6 is 0 Å². The highest BCUT2D eigenvalue weighted by molar-refractivity contribution is 5.71. The first kappa shape index (κ1) is 52.4. The Morgan fingerprint density at radius 1 is 0.370 bits per heavy atom. The number of hydrogen-bond acceptors (Lipinski definition) is 6. The molecule has 0 bridgehead atoms. The molecule has 0 aromatic heterocycles. The molecule has 2 atom stereocenters. The van der Waals surface area contributed by atoms with E-state index < -0.39 is 6.10 Å². The van der Waals surface area contributed by atoms with Crippen molar-refractivity contribution in [2.45, 2.75) is 260 Å². The molecule has 0 spiro atoms. The van der Waals surface area contributed by atoms with Gasteiger partial charge in [-0.15, -0.1) is 0 Å². The highest BCUT2D eigenvalue weighted by Gasteiger charge is 2.19. The number of esters is 3. The van der Waals surface area contributed by atoms with Crippen molar-refractivity contribution >= 4 is 17.9 Å². The van der Waals surface area contributed by atoms with Gasteiger partial charge >= 0.3 is 17.9 Å². The summed E-state index contributed by atoms with van der Waals surface area (Å²) in [5, 5.41) is 0. The van der Waals surface area contributed by atoms with Gasteiger partial charge in [-0.2, -0.15) is 0 Å². The van der Waals surface area contributed by atoms with Crippen LogP contribution in [0.2, 0.25) is 0 Å². The van der Waals surface area contributed by atoms with Crippen molar-refractivity contribution in [2.24, 2.45) is 17.8 Å². The number of ether oxygens (including phenoxy) is 3. The minimum atomic E-state index is -0.762. The Kier molecular flexibility index (Phi) is 38.5. The molecule has 0 amide bonds. The van der Waals surface area contributed by atoms with Crippen LogP contribution in [0.4, 0.5) is 0 Å². The fourth-order valence-electron chi connectivity index (χ4n) is 7.02. The summed E-state index contributed by atoms with van der Waals surface area (Å²) in [7, 11) is 0. The van der Waals surface area contributed by atoms with E-state index in [1.807, 2.05) is 0 Å².